The summed E-state index contributed by atoms with van der Waals surface area (Å²) in [6.45, 7) is 3.29. The van der Waals surface area contributed by atoms with Crippen LogP contribution in [0.4, 0.5) is 0 Å². The maximum atomic E-state index is 11.3. The molecule has 1 saturated carbocycles. The fourth-order valence-corrected chi connectivity index (χ4v) is 1.15. The van der Waals surface area contributed by atoms with Crippen molar-refractivity contribution in [2.45, 2.75) is 25.9 Å². The molecular weight excluding hydrogens is 170 g/mol. The lowest BCUT2D eigenvalue weighted by Gasteiger charge is -2.20. The first-order chi connectivity index (χ1) is 5.96. The van der Waals surface area contributed by atoms with Crippen molar-refractivity contribution in [1.29, 1.82) is 0 Å². The van der Waals surface area contributed by atoms with E-state index in [4.69, 9.17) is 5.11 Å². The molecule has 0 aromatic heterocycles. The van der Waals surface area contributed by atoms with Gasteiger partial charge in [0.05, 0.1) is 6.61 Å². The third-order valence-corrected chi connectivity index (χ3v) is 2.43. The van der Waals surface area contributed by atoms with Crippen LogP contribution in [-0.2, 0) is 4.79 Å². The van der Waals surface area contributed by atoms with Gasteiger partial charge in [0.25, 0.3) is 0 Å². The van der Waals surface area contributed by atoms with Crippen LogP contribution < -0.4 is 5.32 Å². The molecule has 3 unspecified atom stereocenters. The van der Waals surface area contributed by atoms with Crippen LogP contribution >= 0.6 is 0 Å². The highest BCUT2D eigenvalue weighted by molar-refractivity contribution is 5.81. The van der Waals surface area contributed by atoms with Crippen molar-refractivity contribution in [3.05, 3.63) is 0 Å². The minimum Gasteiger partial charge on any atom is -0.393 e. The SMILES string of the molecule is CC1CC1C(=O)NCC(C)(O)CO. The second-order valence-electron chi connectivity index (χ2n) is 4.19. The molecule has 3 N–H and O–H groups in total. The van der Waals surface area contributed by atoms with Crippen LogP contribution in [-0.4, -0.2) is 34.9 Å². The van der Waals surface area contributed by atoms with Crippen LogP contribution in [0, 0.1) is 11.8 Å². The van der Waals surface area contributed by atoms with E-state index in [-0.39, 0.29) is 25.0 Å². The number of rotatable bonds is 4. The maximum Gasteiger partial charge on any atom is 0.223 e. The van der Waals surface area contributed by atoms with Crippen molar-refractivity contribution in [3.8, 4) is 0 Å². The van der Waals surface area contributed by atoms with E-state index in [0.717, 1.165) is 6.42 Å². The van der Waals surface area contributed by atoms with Gasteiger partial charge >= 0.3 is 0 Å². The Kier molecular flexibility index (Phi) is 2.93. The number of aliphatic hydroxyl groups excluding tert-OH is 1. The van der Waals surface area contributed by atoms with Crippen LogP contribution in [0.25, 0.3) is 0 Å². The Balaban J connectivity index is 2.22. The zero-order valence-electron chi connectivity index (χ0n) is 8.08. The summed E-state index contributed by atoms with van der Waals surface area (Å²) in [7, 11) is 0. The van der Waals surface area contributed by atoms with Crippen molar-refractivity contribution in [3.63, 3.8) is 0 Å². The fraction of sp³-hybridized carbons (Fsp3) is 0.889. The predicted octanol–water partition coefficient (Wildman–Crippen LogP) is -0.498. The van der Waals surface area contributed by atoms with Crippen molar-refractivity contribution in [2.75, 3.05) is 13.2 Å². The highest BCUT2D eigenvalue weighted by atomic mass is 16.3. The van der Waals surface area contributed by atoms with Gasteiger partial charge in [0, 0.05) is 12.5 Å². The molecule has 1 fully saturated rings. The Morgan fingerprint density at radius 2 is 2.23 bits per heavy atom. The van der Waals surface area contributed by atoms with Crippen molar-refractivity contribution in [2.24, 2.45) is 11.8 Å². The monoisotopic (exact) mass is 187 g/mol. The predicted molar refractivity (Wildman–Crippen MR) is 48.0 cm³/mol. The Hall–Kier alpha value is -0.610. The molecule has 0 bridgehead atoms. The largest absolute Gasteiger partial charge is 0.393 e. The van der Waals surface area contributed by atoms with Crippen LogP contribution in [0.5, 0.6) is 0 Å². The number of hydrogen-bond donors (Lipinski definition) is 3. The Labute approximate surface area is 78.0 Å². The van der Waals surface area contributed by atoms with Crippen LogP contribution in [0.15, 0.2) is 0 Å². The number of carbonyl (C=O) groups is 1. The maximum absolute atomic E-state index is 11.3. The summed E-state index contributed by atoms with van der Waals surface area (Å²) in [5, 5.41) is 20.7. The Bertz CT molecular complexity index is 203. The molecule has 0 heterocycles. The van der Waals surface area contributed by atoms with Gasteiger partial charge in [-0.05, 0) is 19.3 Å². The Morgan fingerprint density at radius 3 is 2.62 bits per heavy atom. The van der Waals surface area contributed by atoms with Crippen molar-refractivity contribution >= 4 is 5.91 Å². The second kappa shape index (κ2) is 3.64. The van der Waals surface area contributed by atoms with E-state index in [1.165, 1.54) is 6.92 Å². The van der Waals surface area contributed by atoms with Gasteiger partial charge < -0.3 is 15.5 Å². The molecule has 0 spiro atoms. The van der Waals surface area contributed by atoms with E-state index in [2.05, 4.69) is 5.32 Å². The van der Waals surface area contributed by atoms with Gasteiger partial charge in [-0.15, -0.1) is 0 Å². The molecule has 0 aromatic carbocycles. The van der Waals surface area contributed by atoms with Crippen molar-refractivity contribution < 1.29 is 15.0 Å². The summed E-state index contributed by atoms with van der Waals surface area (Å²) in [6, 6.07) is 0. The molecule has 3 atom stereocenters. The standard InChI is InChI=1S/C9H17NO3/c1-6-3-7(6)8(12)10-4-9(2,13)5-11/h6-7,11,13H,3-5H2,1-2H3,(H,10,12). The number of carbonyl (C=O) groups excluding carboxylic acids is 1. The summed E-state index contributed by atoms with van der Waals surface area (Å²) >= 11 is 0. The number of hydrogen-bond acceptors (Lipinski definition) is 3. The zero-order chi connectivity index (χ0) is 10.1. The fourth-order valence-electron chi connectivity index (χ4n) is 1.15. The van der Waals surface area contributed by atoms with Crippen LogP contribution in [0.1, 0.15) is 20.3 Å². The summed E-state index contributed by atoms with van der Waals surface area (Å²) in [4.78, 5) is 11.3. The molecule has 0 aromatic rings. The summed E-state index contributed by atoms with van der Waals surface area (Å²) in [5.74, 6) is 0.579. The van der Waals surface area contributed by atoms with Gasteiger partial charge in [-0.1, -0.05) is 6.92 Å². The first-order valence-corrected chi connectivity index (χ1v) is 4.57. The third-order valence-electron chi connectivity index (χ3n) is 2.43. The van der Waals surface area contributed by atoms with Gasteiger partial charge in [-0.2, -0.15) is 0 Å². The topological polar surface area (TPSA) is 69.6 Å². The summed E-state index contributed by atoms with van der Waals surface area (Å²) in [6.07, 6.45) is 0.938. The minimum absolute atomic E-state index is 0.0128. The molecule has 1 rings (SSSR count). The number of nitrogens with one attached hydrogen (secondary N) is 1. The average molecular weight is 187 g/mol. The Morgan fingerprint density at radius 1 is 1.69 bits per heavy atom. The van der Waals surface area contributed by atoms with Gasteiger partial charge in [-0.3, -0.25) is 4.79 Å². The van der Waals surface area contributed by atoms with Gasteiger partial charge in [-0.25, -0.2) is 0 Å². The zero-order valence-corrected chi connectivity index (χ0v) is 8.08. The van der Waals surface area contributed by atoms with E-state index in [0.29, 0.717) is 5.92 Å². The molecule has 0 radical (unpaired) electrons. The summed E-state index contributed by atoms with van der Waals surface area (Å²) in [5.41, 5.74) is -1.20. The minimum atomic E-state index is -1.20. The molecule has 13 heavy (non-hydrogen) atoms. The molecule has 1 aliphatic carbocycles. The van der Waals surface area contributed by atoms with E-state index in [1.54, 1.807) is 0 Å². The highest BCUT2D eigenvalue weighted by Crippen LogP contribution is 2.37. The van der Waals surface area contributed by atoms with Crippen LogP contribution in [0.2, 0.25) is 0 Å². The number of amides is 1. The van der Waals surface area contributed by atoms with E-state index in [9.17, 15) is 9.90 Å². The average Bonchev–Trinajstić information content (AvgIpc) is 2.79. The van der Waals surface area contributed by atoms with E-state index >= 15 is 0 Å². The lowest BCUT2D eigenvalue weighted by molar-refractivity contribution is -0.124. The van der Waals surface area contributed by atoms with Gasteiger partial charge in [0.15, 0.2) is 0 Å². The van der Waals surface area contributed by atoms with E-state index < -0.39 is 5.60 Å². The summed E-state index contributed by atoms with van der Waals surface area (Å²) < 4.78 is 0. The molecule has 0 aliphatic heterocycles. The molecule has 76 valence electrons. The quantitative estimate of drug-likeness (QED) is 0.556. The molecule has 4 nitrogen and oxygen atoms in total. The lowest BCUT2D eigenvalue weighted by Crippen LogP contribution is -2.43. The molecule has 1 aliphatic rings. The first kappa shape index (κ1) is 10.5. The first-order valence-electron chi connectivity index (χ1n) is 4.57. The highest BCUT2D eigenvalue weighted by Gasteiger charge is 2.39. The van der Waals surface area contributed by atoms with E-state index in [1.807, 2.05) is 6.92 Å². The second-order valence-corrected chi connectivity index (χ2v) is 4.19. The smallest absolute Gasteiger partial charge is 0.223 e. The molecular formula is C9H17NO3. The molecule has 4 heteroatoms. The molecule has 0 saturated heterocycles. The van der Waals surface area contributed by atoms with Crippen LogP contribution in [0.3, 0.4) is 0 Å². The van der Waals surface area contributed by atoms with Gasteiger partial charge in [0.2, 0.25) is 5.91 Å². The third kappa shape index (κ3) is 2.97. The molecule has 1 amide bonds. The normalized spacial score (nSPS) is 30.8. The van der Waals surface area contributed by atoms with Gasteiger partial charge in [0.1, 0.15) is 5.60 Å². The van der Waals surface area contributed by atoms with Crippen molar-refractivity contribution in [1.82, 2.24) is 5.32 Å². The number of aliphatic hydroxyl groups is 2. The lowest BCUT2D eigenvalue weighted by atomic mass is 10.1.